The molecule has 16 heavy (non-hydrogen) atoms. The molecule has 1 unspecified atom stereocenters. The molecule has 0 radical (unpaired) electrons. The van der Waals surface area contributed by atoms with Crippen molar-refractivity contribution in [2.45, 2.75) is 25.5 Å². The number of Topliss-reactive ketones (excluding diaryl/α,β-unsaturated/α-hetero) is 1. The second-order valence-corrected chi connectivity index (χ2v) is 5.07. The van der Waals surface area contributed by atoms with E-state index in [1.165, 1.54) is 0 Å². The lowest BCUT2D eigenvalue weighted by molar-refractivity contribution is 0.102. The third-order valence-corrected chi connectivity index (χ3v) is 3.74. The van der Waals surface area contributed by atoms with Crippen LogP contribution in [0.1, 0.15) is 36.2 Å². The van der Waals surface area contributed by atoms with Crippen LogP contribution in [0.15, 0.2) is 24.3 Å². The molecular formula is C13H15NOS. The highest BCUT2D eigenvalue weighted by atomic mass is 32.2. The lowest BCUT2D eigenvalue weighted by Gasteiger charge is -2.07. The predicted octanol–water partition coefficient (Wildman–Crippen LogP) is 3.27. The summed E-state index contributed by atoms with van der Waals surface area (Å²) >= 11 is 1.67. The second-order valence-electron chi connectivity index (χ2n) is 3.64. The predicted molar refractivity (Wildman–Crippen MR) is 67.7 cm³/mol. The highest BCUT2D eigenvalue weighted by molar-refractivity contribution is 8.00. The molecule has 0 fully saturated rings. The fourth-order valence-electron chi connectivity index (χ4n) is 1.15. The molecule has 0 aromatic heterocycles. The Balaban J connectivity index is 2.57. The zero-order chi connectivity index (χ0) is 12.0. The fourth-order valence-corrected chi connectivity index (χ4v) is 1.99. The summed E-state index contributed by atoms with van der Waals surface area (Å²) in [5.74, 6) is 0.649. The summed E-state index contributed by atoms with van der Waals surface area (Å²) < 4.78 is 0. The van der Waals surface area contributed by atoms with Crippen LogP contribution in [0.4, 0.5) is 0 Å². The first-order chi connectivity index (χ1) is 7.67. The molecule has 0 saturated carbocycles. The maximum atomic E-state index is 11.8. The van der Waals surface area contributed by atoms with E-state index in [4.69, 9.17) is 5.26 Å². The molecule has 0 aliphatic rings. The van der Waals surface area contributed by atoms with Gasteiger partial charge in [0, 0.05) is 10.8 Å². The maximum absolute atomic E-state index is 11.8. The van der Waals surface area contributed by atoms with E-state index in [9.17, 15) is 4.79 Å². The van der Waals surface area contributed by atoms with Gasteiger partial charge in [-0.15, -0.1) is 0 Å². The summed E-state index contributed by atoms with van der Waals surface area (Å²) in [4.78, 5) is 11.8. The highest BCUT2D eigenvalue weighted by Gasteiger charge is 2.08. The average Bonchev–Trinajstić information content (AvgIpc) is 2.35. The van der Waals surface area contributed by atoms with Gasteiger partial charge in [0.2, 0.25) is 0 Å². The van der Waals surface area contributed by atoms with Gasteiger partial charge >= 0.3 is 0 Å². The third kappa shape index (κ3) is 3.71. The lowest BCUT2D eigenvalue weighted by Crippen LogP contribution is -2.05. The van der Waals surface area contributed by atoms with Crippen LogP contribution in [0.5, 0.6) is 0 Å². The molecule has 0 heterocycles. The topological polar surface area (TPSA) is 40.9 Å². The Kier molecular flexibility index (Phi) is 5.07. The molecule has 1 atom stereocenters. The lowest BCUT2D eigenvalue weighted by atomic mass is 10.1. The summed E-state index contributed by atoms with van der Waals surface area (Å²) in [5, 5.41) is 9.15. The molecular weight excluding hydrogens is 218 g/mol. The van der Waals surface area contributed by atoms with Gasteiger partial charge in [0.05, 0.1) is 17.4 Å². The molecule has 0 N–H and O–H groups in total. The van der Waals surface area contributed by atoms with Crippen molar-refractivity contribution in [3.8, 4) is 6.07 Å². The van der Waals surface area contributed by atoms with Crippen LogP contribution in [0, 0.1) is 11.3 Å². The maximum Gasteiger partial charge on any atom is 0.172 e. The van der Waals surface area contributed by atoms with E-state index in [1.807, 2.05) is 6.07 Å². The van der Waals surface area contributed by atoms with Crippen molar-refractivity contribution in [3.05, 3.63) is 35.4 Å². The zero-order valence-electron chi connectivity index (χ0n) is 9.56. The Morgan fingerprint density at radius 3 is 2.56 bits per heavy atom. The van der Waals surface area contributed by atoms with Gasteiger partial charge in [-0.25, -0.2) is 0 Å². The number of hydrogen-bond donors (Lipinski definition) is 0. The minimum atomic E-state index is 0.134. The number of ketones is 1. The summed E-state index contributed by atoms with van der Waals surface area (Å²) in [6.07, 6.45) is 1.07. The molecule has 1 aromatic carbocycles. The normalized spacial score (nSPS) is 11.8. The molecule has 84 valence electrons. The molecule has 0 amide bonds. The van der Waals surface area contributed by atoms with Crippen molar-refractivity contribution in [2.75, 3.05) is 5.75 Å². The van der Waals surface area contributed by atoms with E-state index in [0.29, 0.717) is 22.1 Å². The van der Waals surface area contributed by atoms with E-state index in [1.54, 1.807) is 36.0 Å². The van der Waals surface area contributed by atoms with Crippen LogP contribution in [0.25, 0.3) is 0 Å². The Bertz CT molecular complexity index is 391. The van der Waals surface area contributed by atoms with Crippen molar-refractivity contribution in [1.82, 2.24) is 0 Å². The van der Waals surface area contributed by atoms with Gasteiger partial charge in [-0.3, -0.25) is 4.79 Å². The minimum Gasteiger partial charge on any atom is -0.293 e. The Hall–Kier alpha value is -1.27. The van der Waals surface area contributed by atoms with Crippen LogP contribution in [-0.4, -0.2) is 16.8 Å². The second kappa shape index (κ2) is 6.34. The van der Waals surface area contributed by atoms with Gasteiger partial charge in [0.25, 0.3) is 0 Å². The van der Waals surface area contributed by atoms with Gasteiger partial charge in [-0.05, 0) is 18.6 Å². The number of nitrogens with zero attached hydrogens (tertiary/aromatic N) is 1. The highest BCUT2D eigenvalue weighted by Crippen LogP contribution is 2.15. The van der Waals surface area contributed by atoms with Gasteiger partial charge in [-0.2, -0.15) is 17.0 Å². The minimum absolute atomic E-state index is 0.134. The number of hydrogen-bond acceptors (Lipinski definition) is 3. The van der Waals surface area contributed by atoms with Crippen molar-refractivity contribution < 1.29 is 4.79 Å². The van der Waals surface area contributed by atoms with Crippen LogP contribution in [0.3, 0.4) is 0 Å². The molecule has 0 aliphatic heterocycles. The number of benzene rings is 1. The molecule has 1 rings (SSSR count). The molecule has 0 aliphatic carbocycles. The van der Waals surface area contributed by atoms with Gasteiger partial charge < -0.3 is 0 Å². The first-order valence-electron chi connectivity index (χ1n) is 5.32. The van der Waals surface area contributed by atoms with E-state index in [0.717, 1.165) is 6.42 Å². The first-order valence-corrected chi connectivity index (χ1v) is 6.37. The Morgan fingerprint density at radius 2 is 2.06 bits per heavy atom. The van der Waals surface area contributed by atoms with E-state index < -0.39 is 0 Å². The number of carbonyl (C=O) groups excluding carboxylic acids is 1. The molecule has 1 aromatic rings. The largest absolute Gasteiger partial charge is 0.293 e. The summed E-state index contributed by atoms with van der Waals surface area (Å²) in [6, 6.07) is 8.84. The summed E-state index contributed by atoms with van der Waals surface area (Å²) in [7, 11) is 0. The van der Waals surface area contributed by atoms with Crippen molar-refractivity contribution >= 4 is 17.5 Å². The zero-order valence-corrected chi connectivity index (χ0v) is 10.4. The third-order valence-electron chi connectivity index (χ3n) is 2.41. The summed E-state index contributed by atoms with van der Waals surface area (Å²) in [6.45, 7) is 4.24. The number of carbonyl (C=O) groups is 1. The van der Waals surface area contributed by atoms with Crippen molar-refractivity contribution in [2.24, 2.45) is 0 Å². The first kappa shape index (κ1) is 12.8. The van der Waals surface area contributed by atoms with Crippen LogP contribution in [-0.2, 0) is 0 Å². The molecule has 0 saturated heterocycles. The number of thioether (sulfide) groups is 1. The van der Waals surface area contributed by atoms with Crippen LogP contribution < -0.4 is 0 Å². The van der Waals surface area contributed by atoms with E-state index in [-0.39, 0.29) is 5.78 Å². The Labute approximate surface area is 101 Å². The van der Waals surface area contributed by atoms with Crippen molar-refractivity contribution in [3.63, 3.8) is 0 Å². The smallest absolute Gasteiger partial charge is 0.172 e. The van der Waals surface area contributed by atoms with Gasteiger partial charge in [-0.1, -0.05) is 26.0 Å². The van der Waals surface area contributed by atoms with Crippen LogP contribution in [0.2, 0.25) is 0 Å². The summed E-state index contributed by atoms with van der Waals surface area (Å²) in [5.41, 5.74) is 1.28. The fraction of sp³-hybridized carbons (Fsp3) is 0.385. The Morgan fingerprint density at radius 1 is 1.44 bits per heavy atom. The standard InChI is InChI=1S/C13H15NOS/c1-3-10(2)16-9-13(15)12-6-4-11(8-14)5-7-12/h4-7,10H,3,9H2,1-2H3. The molecule has 3 heteroatoms. The van der Waals surface area contributed by atoms with Crippen LogP contribution >= 0.6 is 11.8 Å². The van der Waals surface area contributed by atoms with Gasteiger partial charge in [0.15, 0.2) is 5.78 Å². The SMILES string of the molecule is CCC(C)SCC(=O)c1ccc(C#N)cc1. The van der Waals surface area contributed by atoms with E-state index >= 15 is 0 Å². The number of nitriles is 1. The molecule has 0 bridgehead atoms. The molecule has 0 spiro atoms. The quantitative estimate of drug-likeness (QED) is 0.733. The van der Waals surface area contributed by atoms with Gasteiger partial charge in [0.1, 0.15) is 0 Å². The van der Waals surface area contributed by atoms with E-state index in [2.05, 4.69) is 13.8 Å². The molecule has 2 nitrogen and oxygen atoms in total. The van der Waals surface area contributed by atoms with Crippen molar-refractivity contribution in [1.29, 1.82) is 5.26 Å². The number of rotatable bonds is 5. The monoisotopic (exact) mass is 233 g/mol. The average molecular weight is 233 g/mol.